The Hall–Kier alpha value is 9.95. The molecule has 0 saturated carbocycles. The van der Waals surface area contributed by atoms with Crippen LogP contribution in [0.4, 0.5) is 0 Å². The van der Waals surface area contributed by atoms with E-state index in [4.69, 9.17) is 315 Å². The second-order valence-electron chi connectivity index (χ2n) is 15.6. The van der Waals surface area contributed by atoms with E-state index in [-0.39, 0.29) is 96.7 Å². The Balaban J connectivity index is 2.02. The molecule has 0 aromatic rings. The third kappa shape index (κ3) is 22.4. The molecule has 0 amide bonds. The van der Waals surface area contributed by atoms with E-state index < -0.39 is 118 Å². The van der Waals surface area contributed by atoms with Gasteiger partial charge in [0.1, 0.15) is 0 Å². The molecule has 6 heterocycles. The van der Waals surface area contributed by atoms with Crippen molar-refractivity contribution in [2.45, 2.75) is 96.7 Å². The lowest BCUT2D eigenvalue weighted by Crippen LogP contribution is -2.88. The Kier molecular flexibility index (Phi) is 25.0. The first-order valence-electron chi connectivity index (χ1n) is 19.1. The zero-order chi connectivity index (χ0) is 51.8. The molecule has 8 bridgehead atoms. The summed E-state index contributed by atoms with van der Waals surface area (Å²) >= 11 is 159. The first kappa shape index (κ1) is 68.7. The maximum atomic E-state index is 7.41. The molecule has 0 unspecified atom stereocenters. The number of hydrogen-bond acceptors (Lipinski definition) is 12. The molecule has 0 aliphatic carbocycles. The van der Waals surface area contributed by atoms with Crippen LogP contribution in [0.1, 0.15) is 0 Å². The van der Waals surface area contributed by atoms with Gasteiger partial charge >= 0.3 is 118 Å². The fourth-order valence-electron chi connectivity index (χ4n) is 6.93. The quantitative estimate of drug-likeness (QED) is 0.0678. The minimum atomic E-state index is -4.88. The smallest absolute Gasteiger partial charge is 0.373 e. The molecular weight excluding hydrogens is 1680 g/mol. The molecular formula is C16H32Cl24O12Si16. The van der Waals surface area contributed by atoms with Crippen LogP contribution in [0, 0.1) is 0 Å². The van der Waals surface area contributed by atoms with Gasteiger partial charge in [-0.25, -0.2) is 0 Å². The van der Waals surface area contributed by atoms with Gasteiger partial charge in [0, 0.05) is 48.4 Å². The van der Waals surface area contributed by atoms with E-state index in [1.54, 1.807) is 0 Å². The first-order chi connectivity index (χ1) is 30.1. The van der Waals surface area contributed by atoms with Gasteiger partial charge in [0.2, 0.25) is 0 Å². The molecule has 6 rings (SSSR count). The predicted molar refractivity (Wildman–Crippen MR) is 322 cm³/mol. The predicted octanol–water partition coefficient (Wildman–Crippen LogP) is 17.0. The molecule has 400 valence electrons. The van der Waals surface area contributed by atoms with Crippen LogP contribution in [0.15, 0.2) is 0 Å². The molecule has 6 aliphatic rings. The topological polar surface area (TPSA) is 111 Å². The Morgan fingerprint density at radius 2 is 0.235 bits per heavy atom. The molecule has 0 atom stereocenters. The Bertz CT molecular complexity index is 1330. The van der Waals surface area contributed by atoms with Crippen LogP contribution in [0.5, 0.6) is 0 Å². The van der Waals surface area contributed by atoms with Gasteiger partial charge in [0.05, 0.1) is 0 Å². The summed E-state index contributed by atoms with van der Waals surface area (Å²) in [6.07, 6.45) is 0. The lowest BCUT2D eigenvalue weighted by molar-refractivity contribution is -0.0284. The maximum absolute atomic E-state index is 7.41. The maximum Gasteiger partial charge on any atom is 0.478 e. The minimum Gasteiger partial charge on any atom is -0.373 e. The van der Waals surface area contributed by atoms with Crippen molar-refractivity contribution in [1.82, 2.24) is 0 Å². The molecule has 0 N–H and O–H groups in total. The Morgan fingerprint density at radius 3 is 0.294 bits per heavy atom. The normalized spacial score (nSPS) is 36.4. The van der Waals surface area contributed by atoms with E-state index in [1.807, 2.05) is 0 Å². The standard InChI is InChI=1S/C16H32Cl24O12Si16/c17-53(18,19)1-9-61-41-62(10-2-54(20,21)22)44-65(13-5-57(29,30)31)46-63(42-61,11-3-55(23,24)25)48-67(15-7-59(35,36)37)49-64(43-61,12-4-56(26,27)28)47-66(45-62,14-6-58(32,33)34)51-68(50-65,52-67)16-8-60(38,39)40/h1-16H2. The summed E-state index contributed by atoms with van der Waals surface area (Å²) in [4.78, 5) is 0. The Labute approximate surface area is 522 Å². The lowest BCUT2D eigenvalue weighted by atomic mass is 11.0. The van der Waals surface area contributed by atoms with E-state index in [0.29, 0.717) is 0 Å². The summed E-state index contributed by atoms with van der Waals surface area (Å²) < 4.78 is 88.9. The average molecular weight is 1720 g/mol. The highest BCUT2D eigenvalue weighted by Gasteiger charge is 2.83. The summed E-state index contributed by atoms with van der Waals surface area (Å²) in [7, 11) is -39.0. The van der Waals surface area contributed by atoms with Crippen molar-refractivity contribution in [3.8, 4) is 0 Å². The van der Waals surface area contributed by atoms with Crippen molar-refractivity contribution in [3.05, 3.63) is 0 Å². The number of rotatable bonds is 24. The van der Waals surface area contributed by atoms with E-state index in [2.05, 4.69) is 0 Å². The van der Waals surface area contributed by atoms with Crippen LogP contribution in [0.3, 0.4) is 0 Å². The SMILES string of the molecule is Cl[Si](Cl)(Cl)CC[Si]12O[Si]3(CC[Si](Cl)(Cl)Cl)O[Si]4(CC[Si](Cl)(Cl)Cl)O[Si](CC[Si](Cl)(Cl)Cl)(O1)O[Si]1(CC[Si](Cl)(Cl)Cl)O[Si](CC[Si](Cl)(Cl)Cl)(O2)O[Si](CC[Si](Cl)(Cl)Cl)(O3)O[Si](CC[Si](Cl)(Cl)Cl)(O4)O1. The second-order valence-corrected chi connectivity index (χ2v) is 115. The fraction of sp³-hybridized carbons (Fsp3) is 1.00. The average Bonchev–Trinajstić information content (AvgIpc) is 3.06. The van der Waals surface area contributed by atoms with Crippen LogP contribution in [0.25, 0.3) is 0 Å². The van der Waals surface area contributed by atoms with Crippen molar-refractivity contribution in [2.24, 2.45) is 0 Å². The van der Waals surface area contributed by atoms with E-state index in [1.165, 1.54) is 0 Å². The molecule has 0 radical (unpaired) electrons. The molecule has 0 aromatic carbocycles. The molecule has 6 saturated heterocycles. The highest BCUT2D eigenvalue weighted by molar-refractivity contribution is 7.68. The zero-order valence-electron chi connectivity index (χ0n) is 33.3. The Morgan fingerprint density at radius 1 is 0.162 bits per heavy atom. The van der Waals surface area contributed by atoms with Crippen LogP contribution in [-0.4, -0.2) is 118 Å². The molecule has 0 spiro atoms. The van der Waals surface area contributed by atoms with Gasteiger partial charge in [-0.15, -0.1) is 266 Å². The molecule has 6 aliphatic heterocycles. The summed E-state index contributed by atoms with van der Waals surface area (Å²) in [6.45, 7) is 0. The highest BCUT2D eigenvalue weighted by Crippen LogP contribution is 2.58. The van der Waals surface area contributed by atoms with Crippen molar-refractivity contribution in [3.63, 3.8) is 0 Å². The summed E-state index contributed by atoms with van der Waals surface area (Å²) in [5, 5.41) is 0. The molecule has 12 nitrogen and oxygen atoms in total. The third-order valence-corrected chi connectivity index (χ3v) is 70.3. The monoisotopic (exact) mass is 1700 g/mol. The van der Waals surface area contributed by atoms with Crippen LogP contribution >= 0.6 is 266 Å². The van der Waals surface area contributed by atoms with Crippen molar-refractivity contribution in [1.29, 1.82) is 0 Å². The minimum absolute atomic E-state index is 0.189. The van der Waals surface area contributed by atoms with Gasteiger partial charge in [0.15, 0.2) is 0 Å². The summed E-state index contributed by atoms with van der Waals surface area (Å²) in [5.74, 6) is 0. The lowest BCUT2D eigenvalue weighted by Gasteiger charge is -2.63. The largest absolute Gasteiger partial charge is 0.478 e. The summed E-state index contributed by atoms with van der Waals surface area (Å²) in [5.41, 5.74) is 0. The highest BCUT2D eigenvalue weighted by atomic mass is 35.9. The zero-order valence-corrected chi connectivity index (χ0v) is 67.4. The van der Waals surface area contributed by atoms with Gasteiger partial charge in [-0.05, 0) is 48.4 Å². The van der Waals surface area contributed by atoms with Crippen LogP contribution < -0.4 is 0 Å². The number of hydrogen-bond donors (Lipinski definition) is 0. The van der Waals surface area contributed by atoms with E-state index >= 15 is 0 Å². The van der Waals surface area contributed by atoms with Gasteiger partial charge in [-0.2, -0.15) is 0 Å². The van der Waals surface area contributed by atoms with Gasteiger partial charge in [-0.1, -0.05) is 0 Å². The van der Waals surface area contributed by atoms with Crippen molar-refractivity contribution >= 4 is 384 Å². The van der Waals surface area contributed by atoms with Crippen LogP contribution in [-0.2, 0) is 49.4 Å². The molecule has 68 heavy (non-hydrogen) atoms. The van der Waals surface area contributed by atoms with E-state index in [9.17, 15) is 0 Å². The van der Waals surface area contributed by atoms with E-state index in [0.717, 1.165) is 0 Å². The number of halogens is 24. The molecule has 0 aromatic heterocycles. The van der Waals surface area contributed by atoms with Gasteiger partial charge < -0.3 is 49.4 Å². The van der Waals surface area contributed by atoms with Crippen molar-refractivity contribution in [2.75, 3.05) is 0 Å². The second kappa shape index (κ2) is 24.7. The van der Waals surface area contributed by atoms with Gasteiger partial charge in [0.25, 0.3) is 0 Å². The van der Waals surface area contributed by atoms with Crippen LogP contribution in [0.2, 0.25) is 96.7 Å². The summed E-state index contributed by atoms with van der Waals surface area (Å²) in [6, 6.07) is -33.3. The van der Waals surface area contributed by atoms with Gasteiger partial charge in [-0.3, -0.25) is 0 Å². The molecule has 52 heteroatoms. The first-order valence-corrected chi connectivity index (χ1v) is 76.5. The van der Waals surface area contributed by atoms with Crippen molar-refractivity contribution < 1.29 is 49.4 Å². The third-order valence-electron chi connectivity index (χ3n) is 9.45. The molecule has 6 fully saturated rings. The fourth-order valence-corrected chi connectivity index (χ4v) is 91.7.